The first-order valence-corrected chi connectivity index (χ1v) is 18.7. The van der Waals surface area contributed by atoms with E-state index in [2.05, 4.69) is 188 Å². The van der Waals surface area contributed by atoms with Gasteiger partial charge in [-0.3, -0.25) is 4.57 Å². The van der Waals surface area contributed by atoms with Crippen molar-refractivity contribution in [3.05, 3.63) is 206 Å². The second kappa shape index (κ2) is 13.3. The lowest BCUT2D eigenvalue weighted by Gasteiger charge is -2.21. The van der Waals surface area contributed by atoms with Crippen LogP contribution in [0.2, 0.25) is 0 Å². The van der Waals surface area contributed by atoms with Crippen molar-refractivity contribution < 1.29 is 0 Å². The minimum atomic E-state index is 0.920. The number of fused-ring (bicyclic) bond motifs is 4. The molecule has 2 nitrogen and oxygen atoms in total. The number of rotatable bonds is 7. The van der Waals surface area contributed by atoms with E-state index in [1.807, 2.05) is 24.3 Å². The molecule has 0 atom stereocenters. The average Bonchev–Trinajstić information content (AvgIpc) is 3.65. The number of aromatic nitrogens is 2. The van der Waals surface area contributed by atoms with Crippen LogP contribution in [0.3, 0.4) is 0 Å². The molecule has 0 saturated heterocycles. The first kappa shape index (κ1) is 32.4. The van der Waals surface area contributed by atoms with Gasteiger partial charge in [-0.15, -0.1) is 0 Å². The predicted octanol–water partition coefficient (Wildman–Crippen LogP) is 14.4. The summed E-state index contributed by atoms with van der Waals surface area (Å²) in [7, 11) is 0. The zero-order valence-corrected chi connectivity index (χ0v) is 30.3. The van der Waals surface area contributed by atoms with E-state index in [0.29, 0.717) is 0 Å². The lowest BCUT2D eigenvalue weighted by Crippen LogP contribution is -1.97. The van der Waals surface area contributed by atoms with Gasteiger partial charge in [-0.2, -0.15) is 0 Å². The van der Waals surface area contributed by atoms with Crippen molar-refractivity contribution >= 4 is 55.5 Å². The van der Waals surface area contributed by atoms with Gasteiger partial charge in [-0.1, -0.05) is 165 Å². The van der Waals surface area contributed by atoms with Crippen molar-refractivity contribution in [2.24, 2.45) is 0 Å². The van der Waals surface area contributed by atoms with Gasteiger partial charge in [0.25, 0.3) is 0 Å². The van der Waals surface area contributed by atoms with Crippen molar-refractivity contribution in [3.63, 3.8) is 0 Å². The molecule has 0 aliphatic heterocycles. The van der Waals surface area contributed by atoms with E-state index in [-0.39, 0.29) is 0 Å². The van der Waals surface area contributed by atoms with E-state index in [0.717, 1.165) is 72.6 Å². The Morgan fingerprint density at radius 1 is 0.400 bits per heavy atom. The van der Waals surface area contributed by atoms with Crippen LogP contribution in [0.5, 0.6) is 0 Å². The summed E-state index contributed by atoms with van der Waals surface area (Å²) in [6, 6.07) is 65.2. The van der Waals surface area contributed by atoms with E-state index in [1.54, 1.807) is 0 Å². The minimum absolute atomic E-state index is 0.920. The van der Waals surface area contributed by atoms with Crippen LogP contribution in [-0.4, -0.2) is 9.55 Å². The zero-order valence-electron chi connectivity index (χ0n) is 30.3. The maximum Gasteiger partial charge on any atom is 0.145 e. The third-order valence-corrected chi connectivity index (χ3v) is 10.9. The van der Waals surface area contributed by atoms with Gasteiger partial charge in [0.1, 0.15) is 5.82 Å². The quantitative estimate of drug-likeness (QED) is 0.162. The summed E-state index contributed by atoms with van der Waals surface area (Å²) in [6.07, 6.45) is 4.01. The molecule has 1 heterocycles. The molecular formula is C53H36N2. The molecule has 0 N–H and O–H groups in total. The Morgan fingerprint density at radius 3 is 1.55 bits per heavy atom. The van der Waals surface area contributed by atoms with Crippen molar-refractivity contribution in [2.75, 3.05) is 0 Å². The predicted molar refractivity (Wildman–Crippen MR) is 236 cm³/mol. The number of hydrogen-bond acceptors (Lipinski definition) is 1. The molecular weight excluding hydrogens is 665 g/mol. The Morgan fingerprint density at radius 2 is 0.909 bits per heavy atom. The molecule has 0 radical (unpaired) electrons. The summed E-state index contributed by atoms with van der Waals surface area (Å²) in [5, 5.41) is 7.20. The van der Waals surface area contributed by atoms with Gasteiger partial charge in [0.2, 0.25) is 0 Å². The first-order valence-electron chi connectivity index (χ1n) is 18.7. The molecule has 10 rings (SSSR count). The van der Waals surface area contributed by atoms with Gasteiger partial charge in [0.15, 0.2) is 0 Å². The highest BCUT2D eigenvalue weighted by molar-refractivity contribution is 6.14. The van der Waals surface area contributed by atoms with Crippen molar-refractivity contribution in [2.45, 2.75) is 0 Å². The van der Waals surface area contributed by atoms with Crippen LogP contribution in [0.1, 0.15) is 11.1 Å². The second-order valence-electron chi connectivity index (χ2n) is 14.0. The topological polar surface area (TPSA) is 17.8 Å². The Balaban J connectivity index is 1.18. The largest absolute Gasteiger partial charge is 0.292 e. The summed E-state index contributed by atoms with van der Waals surface area (Å²) in [6.45, 7) is 8.75. The number of para-hydroxylation sites is 3. The fourth-order valence-electron chi connectivity index (χ4n) is 8.31. The van der Waals surface area contributed by atoms with Gasteiger partial charge in [-0.05, 0) is 119 Å². The molecule has 0 spiro atoms. The molecule has 0 aliphatic carbocycles. The Kier molecular flexibility index (Phi) is 7.82. The van der Waals surface area contributed by atoms with Gasteiger partial charge in [0, 0.05) is 11.3 Å². The Labute approximate surface area is 320 Å². The fraction of sp³-hybridized carbons (Fsp3) is 0. The molecule has 2 heteroatoms. The highest BCUT2D eigenvalue weighted by atomic mass is 15.1. The number of nitrogens with zero attached hydrogens (tertiary/aromatic N) is 2. The Bertz CT molecular complexity index is 3110. The maximum atomic E-state index is 5.11. The van der Waals surface area contributed by atoms with Gasteiger partial charge in [0.05, 0.1) is 11.0 Å². The van der Waals surface area contributed by atoms with Crippen LogP contribution < -0.4 is 0 Å². The van der Waals surface area contributed by atoms with Crippen LogP contribution in [0.25, 0.3) is 106 Å². The molecule has 0 bridgehead atoms. The fourth-order valence-corrected chi connectivity index (χ4v) is 8.31. The monoisotopic (exact) mass is 700 g/mol. The molecule has 258 valence electrons. The minimum Gasteiger partial charge on any atom is -0.292 e. The van der Waals surface area contributed by atoms with Crippen LogP contribution >= 0.6 is 0 Å². The molecule has 0 unspecified atom stereocenters. The summed E-state index contributed by atoms with van der Waals surface area (Å²) >= 11 is 0. The highest BCUT2D eigenvalue weighted by Crippen LogP contribution is 2.45. The molecule has 0 fully saturated rings. The normalized spacial score (nSPS) is 11.4. The van der Waals surface area contributed by atoms with Crippen LogP contribution in [0, 0.1) is 0 Å². The van der Waals surface area contributed by atoms with Crippen molar-refractivity contribution in [1.29, 1.82) is 0 Å². The van der Waals surface area contributed by atoms with Crippen molar-refractivity contribution in [3.8, 4) is 50.5 Å². The highest BCUT2D eigenvalue weighted by Gasteiger charge is 2.21. The summed E-state index contributed by atoms with van der Waals surface area (Å²) in [5.74, 6) is 0.920. The van der Waals surface area contributed by atoms with Gasteiger partial charge in [-0.25, -0.2) is 4.98 Å². The maximum absolute atomic E-state index is 5.11. The zero-order chi connectivity index (χ0) is 36.9. The van der Waals surface area contributed by atoms with Gasteiger partial charge >= 0.3 is 0 Å². The first-order chi connectivity index (χ1) is 27.2. The van der Waals surface area contributed by atoms with E-state index in [9.17, 15) is 0 Å². The summed E-state index contributed by atoms with van der Waals surface area (Å²) in [4.78, 5) is 5.11. The van der Waals surface area contributed by atoms with Crippen LogP contribution in [-0.2, 0) is 0 Å². The number of hydrogen-bond donors (Lipinski definition) is 0. The van der Waals surface area contributed by atoms with Crippen LogP contribution in [0.15, 0.2) is 195 Å². The third kappa shape index (κ3) is 5.47. The molecule has 9 aromatic carbocycles. The molecule has 10 aromatic rings. The van der Waals surface area contributed by atoms with E-state index in [4.69, 9.17) is 4.98 Å². The second-order valence-corrected chi connectivity index (χ2v) is 14.0. The van der Waals surface area contributed by atoms with E-state index >= 15 is 0 Å². The number of imidazole rings is 1. The van der Waals surface area contributed by atoms with E-state index < -0.39 is 0 Å². The smallest absolute Gasteiger partial charge is 0.145 e. The summed E-state index contributed by atoms with van der Waals surface area (Å²) < 4.78 is 2.25. The van der Waals surface area contributed by atoms with E-state index in [1.165, 1.54) is 32.3 Å². The Hall–Kier alpha value is -7.29. The number of benzene rings is 9. The lowest BCUT2D eigenvalue weighted by molar-refractivity contribution is 1.10. The summed E-state index contributed by atoms with van der Waals surface area (Å²) in [5.41, 5.74) is 13.3. The molecule has 0 aliphatic rings. The average molecular weight is 701 g/mol. The lowest BCUT2D eigenvalue weighted by atomic mass is 9.82. The van der Waals surface area contributed by atoms with Crippen LogP contribution in [0.4, 0.5) is 0 Å². The SMILES string of the molecule is C=Cc1c(C=C)c(-c2ccc3ccccc3c2)c2cc(-c3ccc(-c4nc5ccccc5n4-c4ccccc4)cc3)ccc2c1-c1ccc2ccccc2c1. The molecule has 1 aromatic heterocycles. The van der Waals surface area contributed by atoms with Crippen molar-refractivity contribution in [1.82, 2.24) is 9.55 Å². The molecule has 0 amide bonds. The molecule has 0 saturated carbocycles. The van der Waals surface area contributed by atoms with Gasteiger partial charge < -0.3 is 0 Å². The molecule has 55 heavy (non-hydrogen) atoms. The third-order valence-electron chi connectivity index (χ3n) is 10.9. The standard InChI is InChI=1S/C53H36N2/c1-3-45-46(4-2)52(43-29-25-36-15-9-11-17-40(36)33-43)48-34-41(30-31-47(48)51(45)42-28-24-35-14-8-10-16-39(35)32-42)37-22-26-38(27-23-37)53-54-49-20-12-13-21-50(49)55(53)44-18-6-5-7-19-44/h3-34H,1-2H2.